The number of amides is 1. The third-order valence-corrected chi connectivity index (χ3v) is 7.23. The van der Waals surface area contributed by atoms with E-state index in [0.717, 1.165) is 36.3 Å². The highest BCUT2D eigenvalue weighted by atomic mass is 32.2. The maximum atomic E-state index is 13.0. The minimum Gasteiger partial charge on any atom is -0.447 e. The average molecular weight is 515 g/mol. The number of piperazine rings is 1. The fourth-order valence-electron chi connectivity index (χ4n) is 4.23. The summed E-state index contributed by atoms with van der Waals surface area (Å²) in [4.78, 5) is 21.7. The van der Waals surface area contributed by atoms with Gasteiger partial charge in [-0.3, -0.25) is 14.3 Å². The van der Waals surface area contributed by atoms with Crippen molar-refractivity contribution in [3.05, 3.63) is 95.5 Å². The van der Waals surface area contributed by atoms with E-state index in [0.29, 0.717) is 30.4 Å². The number of carbonyl (C=O) groups is 1. The van der Waals surface area contributed by atoms with E-state index in [1.165, 1.54) is 29.2 Å². The standard InChI is InChI=1S/C28H30N6O2S/c1-21-10-12-24(13-11-21)34-22(2)30-31-28(34)37-20-26-29-25(19-36-26)27(35)33-17-15-32(16-18-33)14-6-9-23-7-4-3-5-8-23/h3-13,19H,14-18,20H2,1-2H3. The van der Waals surface area contributed by atoms with Gasteiger partial charge in [-0.25, -0.2) is 4.98 Å². The Kier molecular flexibility index (Phi) is 7.82. The van der Waals surface area contributed by atoms with Crippen molar-refractivity contribution in [2.24, 2.45) is 0 Å². The molecular formula is C28H30N6O2S. The highest BCUT2D eigenvalue weighted by molar-refractivity contribution is 7.98. The molecule has 8 nitrogen and oxygen atoms in total. The maximum absolute atomic E-state index is 13.0. The summed E-state index contributed by atoms with van der Waals surface area (Å²) in [6, 6.07) is 18.5. The molecule has 190 valence electrons. The summed E-state index contributed by atoms with van der Waals surface area (Å²) in [6.45, 7) is 7.87. The van der Waals surface area contributed by atoms with E-state index in [1.54, 1.807) is 0 Å². The van der Waals surface area contributed by atoms with Gasteiger partial charge in [0.25, 0.3) is 5.91 Å². The molecule has 0 spiro atoms. The second kappa shape index (κ2) is 11.6. The second-order valence-corrected chi connectivity index (χ2v) is 9.96. The summed E-state index contributed by atoms with van der Waals surface area (Å²) >= 11 is 1.48. The number of rotatable bonds is 8. The fourth-order valence-corrected chi connectivity index (χ4v) is 5.08. The summed E-state index contributed by atoms with van der Waals surface area (Å²) in [5.74, 6) is 1.68. The summed E-state index contributed by atoms with van der Waals surface area (Å²) < 4.78 is 7.63. The molecule has 0 saturated carbocycles. The Hall–Kier alpha value is -3.69. The van der Waals surface area contributed by atoms with Gasteiger partial charge in [0.2, 0.25) is 5.89 Å². The number of aromatic nitrogens is 4. The third kappa shape index (κ3) is 6.18. The van der Waals surface area contributed by atoms with Crippen LogP contribution in [0.25, 0.3) is 11.8 Å². The molecule has 1 amide bonds. The summed E-state index contributed by atoms with van der Waals surface area (Å²) in [7, 11) is 0. The Morgan fingerprint density at radius 1 is 1.00 bits per heavy atom. The SMILES string of the molecule is Cc1ccc(-n2c(C)nnc2SCc2nc(C(=O)N3CCN(CC=Cc4ccccc4)CC3)co2)cc1. The Morgan fingerprint density at radius 3 is 2.51 bits per heavy atom. The van der Waals surface area contributed by atoms with Crippen LogP contribution in [0.3, 0.4) is 0 Å². The Bertz CT molecular complexity index is 1360. The van der Waals surface area contributed by atoms with Crippen molar-refractivity contribution in [2.75, 3.05) is 32.7 Å². The molecule has 0 N–H and O–H groups in total. The van der Waals surface area contributed by atoms with E-state index < -0.39 is 0 Å². The minimum absolute atomic E-state index is 0.0851. The zero-order chi connectivity index (χ0) is 25.6. The lowest BCUT2D eigenvalue weighted by molar-refractivity contribution is 0.0644. The maximum Gasteiger partial charge on any atom is 0.275 e. The number of carbonyl (C=O) groups excluding carboxylic acids is 1. The topological polar surface area (TPSA) is 80.3 Å². The third-order valence-electron chi connectivity index (χ3n) is 6.32. The smallest absolute Gasteiger partial charge is 0.275 e. The van der Waals surface area contributed by atoms with Gasteiger partial charge in [0.05, 0.1) is 5.75 Å². The predicted molar refractivity (Wildman–Crippen MR) is 145 cm³/mol. The van der Waals surface area contributed by atoms with Gasteiger partial charge in [0, 0.05) is 38.4 Å². The van der Waals surface area contributed by atoms with Crippen molar-refractivity contribution in [1.82, 2.24) is 29.5 Å². The summed E-state index contributed by atoms with van der Waals surface area (Å²) in [5, 5.41) is 9.30. The van der Waals surface area contributed by atoms with Gasteiger partial charge in [-0.05, 0) is 31.5 Å². The van der Waals surface area contributed by atoms with Crippen LogP contribution < -0.4 is 0 Å². The van der Waals surface area contributed by atoms with Crippen LogP contribution in [0, 0.1) is 13.8 Å². The lowest BCUT2D eigenvalue weighted by Crippen LogP contribution is -2.48. The molecule has 0 radical (unpaired) electrons. The lowest BCUT2D eigenvalue weighted by atomic mass is 10.2. The van der Waals surface area contributed by atoms with Crippen LogP contribution in [0.2, 0.25) is 0 Å². The normalized spacial score (nSPS) is 14.5. The molecule has 4 aromatic rings. The molecule has 2 aromatic heterocycles. The van der Waals surface area contributed by atoms with Crippen molar-refractivity contribution in [2.45, 2.75) is 24.8 Å². The number of nitrogens with zero attached hydrogens (tertiary/aromatic N) is 6. The fraction of sp³-hybridized carbons (Fsp3) is 0.286. The molecule has 0 unspecified atom stereocenters. The first kappa shape index (κ1) is 25.0. The van der Waals surface area contributed by atoms with Crippen molar-refractivity contribution < 1.29 is 9.21 Å². The summed E-state index contributed by atoms with van der Waals surface area (Å²) in [6.07, 6.45) is 5.77. The molecule has 5 rings (SSSR count). The molecule has 0 aliphatic carbocycles. The molecule has 2 aromatic carbocycles. The molecular weight excluding hydrogens is 484 g/mol. The van der Waals surface area contributed by atoms with E-state index in [4.69, 9.17) is 4.42 Å². The molecule has 37 heavy (non-hydrogen) atoms. The van der Waals surface area contributed by atoms with Gasteiger partial charge in [-0.2, -0.15) is 0 Å². The largest absolute Gasteiger partial charge is 0.447 e. The van der Waals surface area contributed by atoms with Gasteiger partial charge in [-0.15, -0.1) is 10.2 Å². The number of hydrogen-bond acceptors (Lipinski definition) is 7. The van der Waals surface area contributed by atoms with Crippen LogP contribution in [0.5, 0.6) is 0 Å². The zero-order valence-electron chi connectivity index (χ0n) is 21.1. The molecule has 9 heteroatoms. The van der Waals surface area contributed by atoms with Gasteiger partial charge < -0.3 is 9.32 Å². The number of aryl methyl sites for hydroxylation is 2. The number of thioether (sulfide) groups is 1. The van der Waals surface area contributed by atoms with Crippen LogP contribution in [-0.2, 0) is 5.75 Å². The van der Waals surface area contributed by atoms with Crippen LogP contribution in [0.15, 0.2) is 76.5 Å². The summed E-state index contributed by atoms with van der Waals surface area (Å²) in [5.41, 5.74) is 3.75. The number of hydrogen-bond donors (Lipinski definition) is 0. The Labute approximate surface area is 221 Å². The molecule has 0 atom stereocenters. The Morgan fingerprint density at radius 2 is 1.76 bits per heavy atom. The molecule has 3 heterocycles. The molecule has 1 fully saturated rings. The molecule has 1 saturated heterocycles. The first-order chi connectivity index (χ1) is 18.1. The molecule has 0 bridgehead atoms. The van der Waals surface area contributed by atoms with Crippen LogP contribution >= 0.6 is 11.8 Å². The van der Waals surface area contributed by atoms with Crippen LogP contribution in [-0.4, -0.2) is 68.2 Å². The lowest BCUT2D eigenvalue weighted by Gasteiger charge is -2.33. The average Bonchev–Trinajstić information content (AvgIpc) is 3.55. The van der Waals surface area contributed by atoms with Gasteiger partial charge in [0.15, 0.2) is 10.9 Å². The highest BCUT2D eigenvalue weighted by Crippen LogP contribution is 2.25. The van der Waals surface area contributed by atoms with E-state index in [1.807, 2.05) is 34.6 Å². The van der Waals surface area contributed by atoms with E-state index in [2.05, 4.69) is 75.6 Å². The van der Waals surface area contributed by atoms with Gasteiger partial charge in [0.1, 0.15) is 12.1 Å². The molecule has 1 aliphatic rings. The van der Waals surface area contributed by atoms with Crippen LogP contribution in [0.1, 0.15) is 33.3 Å². The van der Waals surface area contributed by atoms with Crippen LogP contribution in [0.4, 0.5) is 0 Å². The van der Waals surface area contributed by atoms with Crippen molar-refractivity contribution in [3.8, 4) is 5.69 Å². The first-order valence-electron chi connectivity index (χ1n) is 12.4. The van der Waals surface area contributed by atoms with E-state index in [-0.39, 0.29) is 5.91 Å². The van der Waals surface area contributed by atoms with Gasteiger partial charge >= 0.3 is 0 Å². The number of benzene rings is 2. The predicted octanol–water partition coefficient (Wildman–Crippen LogP) is 4.64. The van der Waals surface area contributed by atoms with Gasteiger partial charge in [-0.1, -0.05) is 71.9 Å². The minimum atomic E-state index is -0.0851. The van der Waals surface area contributed by atoms with E-state index in [9.17, 15) is 4.79 Å². The molecule has 1 aliphatic heterocycles. The van der Waals surface area contributed by atoms with Crippen molar-refractivity contribution in [1.29, 1.82) is 0 Å². The first-order valence-corrected chi connectivity index (χ1v) is 13.3. The van der Waals surface area contributed by atoms with Crippen molar-refractivity contribution >= 4 is 23.7 Å². The highest BCUT2D eigenvalue weighted by Gasteiger charge is 2.24. The number of oxazole rings is 1. The quantitative estimate of drug-likeness (QED) is 0.317. The monoisotopic (exact) mass is 514 g/mol. The second-order valence-electron chi connectivity index (χ2n) is 9.02. The van der Waals surface area contributed by atoms with E-state index >= 15 is 0 Å². The van der Waals surface area contributed by atoms with Crippen molar-refractivity contribution in [3.63, 3.8) is 0 Å². The zero-order valence-corrected chi connectivity index (χ0v) is 21.9. The Balaban J connectivity index is 1.13.